The number of hydrogen-bond donors (Lipinski definition) is 2. The van der Waals surface area contributed by atoms with Gasteiger partial charge in [-0.15, -0.1) is 0 Å². The fraction of sp³-hybridized carbons (Fsp3) is 0.889. The summed E-state index contributed by atoms with van der Waals surface area (Å²) in [6, 6.07) is 0. The van der Waals surface area contributed by atoms with Crippen molar-refractivity contribution >= 4 is 5.97 Å². The molecule has 76 valence electrons. The molecule has 0 aliphatic carbocycles. The smallest absolute Gasteiger partial charge is 0.332 e. The Morgan fingerprint density at radius 1 is 1.69 bits per heavy atom. The van der Waals surface area contributed by atoms with Gasteiger partial charge in [0.05, 0.1) is 0 Å². The molecule has 2 atom stereocenters. The Kier molecular flexibility index (Phi) is 3.69. The molecule has 1 aliphatic rings. The largest absolute Gasteiger partial charge is 0.479 e. The summed E-state index contributed by atoms with van der Waals surface area (Å²) in [7, 11) is 0. The van der Waals surface area contributed by atoms with Crippen LogP contribution in [0.2, 0.25) is 0 Å². The average Bonchev–Trinajstić information content (AvgIpc) is 2.16. The minimum atomic E-state index is -1.19. The number of carbonyl (C=O) groups is 1. The number of likely N-dealkylation sites (tertiary alicyclic amines) is 1. The van der Waals surface area contributed by atoms with E-state index in [1.807, 2.05) is 0 Å². The van der Waals surface area contributed by atoms with E-state index in [2.05, 4.69) is 11.8 Å². The lowest BCUT2D eigenvalue weighted by molar-refractivity contribution is -0.150. The molecule has 4 heteroatoms. The molecule has 0 radical (unpaired) electrons. The molecule has 0 aromatic heterocycles. The first-order valence-corrected chi connectivity index (χ1v) is 4.78. The predicted octanol–water partition coefficient (Wildman–Crippen LogP) is 0.164. The summed E-state index contributed by atoms with van der Waals surface area (Å²) in [6.45, 7) is 4.72. The van der Waals surface area contributed by atoms with Crippen molar-refractivity contribution in [2.45, 2.75) is 25.9 Å². The molecule has 2 unspecified atom stereocenters. The lowest BCUT2D eigenvalue weighted by atomic mass is 9.92. The number of hydrogen-bond acceptors (Lipinski definition) is 3. The molecule has 4 nitrogen and oxygen atoms in total. The van der Waals surface area contributed by atoms with Gasteiger partial charge in [0.15, 0.2) is 6.10 Å². The molecule has 0 saturated carbocycles. The second kappa shape index (κ2) is 4.58. The van der Waals surface area contributed by atoms with Gasteiger partial charge in [-0.05, 0) is 25.9 Å². The SMILES string of the molecule is CCN1CCCC(C(O)C(=O)O)C1. The number of nitrogens with zero attached hydrogens (tertiary/aromatic N) is 1. The molecule has 1 aliphatic heterocycles. The zero-order valence-electron chi connectivity index (χ0n) is 7.94. The van der Waals surface area contributed by atoms with E-state index in [9.17, 15) is 9.90 Å². The molecule has 1 rings (SSSR count). The standard InChI is InChI=1S/C9H17NO3/c1-2-10-5-3-4-7(6-10)8(11)9(12)13/h7-8,11H,2-6H2,1H3,(H,12,13). The van der Waals surface area contributed by atoms with Crippen molar-refractivity contribution in [3.8, 4) is 0 Å². The van der Waals surface area contributed by atoms with Gasteiger partial charge in [0.1, 0.15) is 0 Å². The summed E-state index contributed by atoms with van der Waals surface area (Å²) in [4.78, 5) is 12.7. The second-order valence-electron chi connectivity index (χ2n) is 3.58. The van der Waals surface area contributed by atoms with E-state index in [1.165, 1.54) is 0 Å². The van der Waals surface area contributed by atoms with E-state index in [1.54, 1.807) is 0 Å². The number of rotatable bonds is 3. The molecule has 2 N–H and O–H groups in total. The first-order valence-electron chi connectivity index (χ1n) is 4.78. The van der Waals surface area contributed by atoms with Gasteiger partial charge in [-0.1, -0.05) is 6.92 Å². The summed E-state index contributed by atoms with van der Waals surface area (Å²) in [5.41, 5.74) is 0. The fourth-order valence-corrected chi connectivity index (χ4v) is 1.84. The van der Waals surface area contributed by atoms with Crippen molar-refractivity contribution in [2.24, 2.45) is 5.92 Å². The Balaban J connectivity index is 2.46. The number of carboxylic acids is 1. The summed E-state index contributed by atoms with van der Waals surface area (Å²) >= 11 is 0. The Bertz CT molecular complexity index is 184. The summed E-state index contributed by atoms with van der Waals surface area (Å²) in [5.74, 6) is -1.19. The van der Waals surface area contributed by atoms with Gasteiger partial charge < -0.3 is 15.1 Å². The monoisotopic (exact) mass is 187 g/mol. The van der Waals surface area contributed by atoms with Gasteiger partial charge in [0, 0.05) is 12.5 Å². The lowest BCUT2D eigenvalue weighted by Crippen LogP contribution is -2.42. The van der Waals surface area contributed by atoms with Crippen molar-refractivity contribution < 1.29 is 15.0 Å². The molecule has 0 amide bonds. The third-order valence-electron chi connectivity index (χ3n) is 2.69. The van der Waals surface area contributed by atoms with E-state index in [4.69, 9.17) is 5.11 Å². The zero-order chi connectivity index (χ0) is 9.84. The zero-order valence-corrected chi connectivity index (χ0v) is 7.94. The maximum atomic E-state index is 10.5. The molecule has 1 fully saturated rings. The number of aliphatic hydroxyl groups is 1. The maximum Gasteiger partial charge on any atom is 0.332 e. The molecule has 0 spiro atoms. The molecule has 1 saturated heterocycles. The van der Waals surface area contributed by atoms with Gasteiger partial charge >= 0.3 is 5.97 Å². The molecule has 13 heavy (non-hydrogen) atoms. The summed E-state index contributed by atoms with van der Waals surface area (Å²) < 4.78 is 0. The molecule has 0 aromatic carbocycles. The average molecular weight is 187 g/mol. The van der Waals surface area contributed by atoms with Crippen LogP contribution in [0.4, 0.5) is 0 Å². The van der Waals surface area contributed by atoms with Crippen molar-refractivity contribution in [3.63, 3.8) is 0 Å². The lowest BCUT2D eigenvalue weighted by Gasteiger charge is -2.32. The molecule has 1 heterocycles. The van der Waals surface area contributed by atoms with Crippen molar-refractivity contribution in [2.75, 3.05) is 19.6 Å². The minimum absolute atomic E-state index is 0.0915. The van der Waals surface area contributed by atoms with Crippen LogP contribution >= 0.6 is 0 Å². The number of piperidine rings is 1. The Morgan fingerprint density at radius 2 is 2.38 bits per heavy atom. The maximum absolute atomic E-state index is 10.5. The van der Waals surface area contributed by atoms with Gasteiger partial charge in [-0.25, -0.2) is 4.79 Å². The van der Waals surface area contributed by atoms with Crippen molar-refractivity contribution in [1.29, 1.82) is 0 Å². The van der Waals surface area contributed by atoms with Crippen LogP contribution in [-0.2, 0) is 4.79 Å². The molecular weight excluding hydrogens is 170 g/mol. The fourth-order valence-electron chi connectivity index (χ4n) is 1.84. The first kappa shape index (κ1) is 10.5. The Labute approximate surface area is 78.2 Å². The third kappa shape index (κ3) is 2.67. The normalized spacial score (nSPS) is 27.1. The van der Waals surface area contributed by atoms with Crippen LogP contribution < -0.4 is 0 Å². The van der Waals surface area contributed by atoms with E-state index < -0.39 is 12.1 Å². The van der Waals surface area contributed by atoms with E-state index in [0.717, 1.165) is 25.9 Å². The highest BCUT2D eigenvalue weighted by Crippen LogP contribution is 2.19. The van der Waals surface area contributed by atoms with Crippen LogP contribution in [0.25, 0.3) is 0 Å². The predicted molar refractivity (Wildman–Crippen MR) is 48.5 cm³/mol. The third-order valence-corrected chi connectivity index (χ3v) is 2.69. The number of aliphatic carboxylic acids is 1. The highest BCUT2D eigenvalue weighted by Gasteiger charge is 2.29. The van der Waals surface area contributed by atoms with E-state index in [-0.39, 0.29) is 5.92 Å². The summed E-state index contributed by atoms with van der Waals surface area (Å²) in [5, 5.41) is 18.0. The topological polar surface area (TPSA) is 60.8 Å². The minimum Gasteiger partial charge on any atom is -0.479 e. The molecule has 0 bridgehead atoms. The van der Waals surface area contributed by atoms with Crippen molar-refractivity contribution in [1.82, 2.24) is 4.90 Å². The second-order valence-corrected chi connectivity index (χ2v) is 3.58. The van der Waals surface area contributed by atoms with Crippen LogP contribution in [0.5, 0.6) is 0 Å². The number of aliphatic hydroxyl groups excluding tert-OH is 1. The van der Waals surface area contributed by atoms with Crippen LogP contribution in [0, 0.1) is 5.92 Å². The van der Waals surface area contributed by atoms with Crippen LogP contribution in [0.1, 0.15) is 19.8 Å². The highest BCUT2D eigenvalue weighted by molar-refractivity contribution is 5.72. The molecule has 0 aromatic rings. The van der Waals surface area contributed by atoms with Crippen LogP contribution in [0.15, 0.2) is 0 Å². The molecular formula is C9H17NO3. The van der Waals surface area contributed by atoms with Gasteiger partial charge in [0.2, 0.25) is 0 Å². The Hall–Kier alpha value is -0.610. The summed E-state index contributed by atoms with van der Waals surface area (Å²) in [6.07, 6.45) is 0.627. The first-order chi connectivity index (χ1) is 6.15. The van der Waals surface area contributed by atoms with Gasteiger partial charge in [-0.2, -0.15) is 0 Å². The van der Waals surface area contributed by atoms with Gasteiger partial charge in [-0.3, -0.25) is 0 Å². The highest BCUT2D eigenvalue weighted by atomic mass is 16.4. The van der Waals surface area contributed by atoms with Gasteiger partial charge in [0.25, 0.3) is 0 Å². The Morgan fingerprint density at radius 3 is 2.92 bits per heavy atom. The number of carboxylic acid groups (broad SMARTS) is 1. The van der Waals surface area contributed by atoms with Crippen LogP contribution in [-0.4, -0.2) is 46.8 Å². The van der Waals surface area contributed by atoms with E-state index in [0.29, 0.717) is 6.54 Å². The van der Waals surface area contributed by atoms with Crippen LogP contribution in [0.3, 0.4) is 0 Å². The quantitative estimate of drug-likeness (QED) is 0.661. The van der Waals surface area contributed by atoms with Crippen molar-refractivity contribution in [3.05, 3.63) is 0 Å². The van der Waals surface area contributed by atoms with E-state index >= 15 is 0 Å².